The molecule has 0 atom stereocenters. The maximum atomic E-state index is 12.8. The Hall–Kier alpha value is -2.70. The van der Waals surface area contributed by atoms with Gasteiger partial charge < -0.3 is 10.6 Å². The summed E-state index contributed by atoms with van der Waals surface area (Å²) in [6.45, 7) is 0. The average Bonchev–Trinajstić information content (AvgIpc) is 2.71. The van der Waals surface area contributed by atoms with Gasteiger partial charge in [-0.3, -0.25) is 9.59 Å². The van der Waals surface area contributed by atoms with Crippen molar-refractivity contribution >= 4 is 55.4 Å². The average molecular weight is 500 g/mol. The van der Waals surface area contributed by atoms with E-state index in [0.29, 0.717) is 11.3 Å². The summed E-state index contributed by atoms with van der Waals surface area (Å²) < 4.78 is 1.84. The minimum absolute atomic E-state index is 0.152. The third kappa shape index (κ3) is 5.65. The van der Waals surface area contributed by atoms with Gasteiger partial charge in [0.15, 0.2) is 0 Å². The zero-order valence-corrected chi connectivity index (χ0v) is 17.8. The minimum atomic E-state index is -0.408. The summed E-state index contributed by atoms with van der Waals surface area (Å²) in [5, 5.41) is 5.52. The molecule has 0 saturated heterocycles. The monoisotopic (exact) mass is 498 g/mol. The van der Waals surface area contributed by atoms with E-state index in [-0.39, 0.29) is 11.6 Å². The third-order valence-electron chi connectivity index (χ3n) is 3.81. The van der Waals surface area contributed by atoms with Crippen LogP contribution in [0.1, 0.15) is 15.9 Å². The van der Waals surface area contributed by atoms with E-state index in [9.17, 15) is 9.59 Å². The number of halogens is 2. The molecule has 0 fully saturated rings. The smallest absolute Gasteiger partial charge is 0.272 e. The Bertz CT molecular complexity index is 999. The van der Waals surface area contributed by atoms with E-state index in [4.69, 9.17) is 0 Å². The summed E-state index contributed by atoms with van der Waals surface area (Å²) in [6, 6.07) is 23.4. The molecule has 2 amide bonds. The van der Waals surface area contributed by atoms with E-state index in [2.05, 4.69) is 42.5 Å². The Balaban J connectivity index is 1.86. The highest BCUT2D eigenvalue weighted by Crippen LogP contribution is 2.16. The minimum Gasteiger partial charge on any atom is -0.321 e. The SMILES string of the molecule is O=C(Nc1ccc(Br)cc1)C(=Cc1ccc(Br)cc1)NC(=O)c1ccccc1. The zero-order valence-electron chi connectivity index (χ0n) is 14.7. The van der Waals surface area contributed by atoms with Crippen LogP contribution in [0.2, 0.25) is 0 Å². The van der Waals surface area contributed by atoms with E-state index >= 15 is 0 Å². The van der Waals surface area contributed by atoms with Gasteiger partial charge in [0.25, 0.3) is 11.8 Å². The topological polar surface area (TPSA) is 58.2 Å². The van der Waals surface area contributed by atoms with E-state index in [1.807, 2.05) is 42.5 Å². The van der Waals surface area contributed by atoms with Crippen LogP contribution in [0.25, 0.3) is 6.08 Å². The predicted molar refractivity (Wildman–Crippen MR) is 119 cm³/mol. The maximum absolute atomic E-state index is 12.8. The van der Waals surface area contributed by atoms with Crippen molar-refractivity contribution in [2.24, 2.45) is 0 Å². The number of hydrogen-bond acceptors (Lipinski definition) is 2. The lowest BCUT2D eigenvalue weighted by molar-refractivity contribution is -0.113. The summed E-state index contributed by atoms with van der Waals surface area (Å²) in [4.78, 5) is 25.4. The lowest BCUT2D eigenvalue weighted by atomic mass is 10.1. The van der Waals surface area contributed by atoms with E-state index in [1.165, 1.54) is 0 Å². The molecule has 0 saturated carbocycles. The summed E-state index contributed by atoms with van der Waals surface area (Å²) in [6.07, 6.45) is 1.64. The number of carbonyl (C=O) groups excluding carboxylic acids is 2. The molecule has 140 valence electrons. The van der Waals surface area contributed by atoms with Gasteiger partial charge in [0.05, 0.1) is 0 Å². The molecule has 0 radical (unpaired) electrons. The molecule has 6 heteroatoms. The number of amides is 2. The van der Waals surface area contributed by atoms with Crippen LogP contribution in [0.15, 0.2) is 93.5 Å². The predicted octanol–water partition coefficient (Wildman–Crippen LogP) is 5.62. The highest BCUT2D eigenvalue weighted by atomic mass is 79.9. The number of benzene rings is 3. The molecule has 28 heavy (non-hydrogen) atoms. The molecule has 3 rings (SSSR count). The van der Waals surface area contributed by atoms with Crippen molar-refractivity contribution in [3.63, 3.8) is 0 Å². The van der Waals surface area contributed by atoms with E-state index < -0.39 is 5.91 Å². The van der Waals surface area contributed by atoms with Crippen LogP contribution in [0.4, 0.5) is 5.69 Å². The molecular formula is C22H16Br2N2O2. The molecule has 0 unspecified atom stereocenters. The molecule has 3 aromatic rings. The van der Waals surface area contributed by atoms with Gasteiger partial charge in [-0.25, -0.2) is 0 Å². The molecule has 0 aliphatic heterocycles. The summed E-state index contributed by atoms with van der Waals surface area (Å²) >= 11 is 6.75. The molecular weight excluding hydrogens is 484 g/mol. The highest BCUT2D eigenvalue weighted by molar-refractivity contribution is 9.10. The van der Waals surface area contributed by atoms with Gasteiger partial charge in [-0.15, -0.1) is 0 Å². The third-order valence-corrected chi connectivity index (χ3v) is 4.87. The molecule has 2 N–H and O–H groups in total. The van der Waals surface area contributed by atoms with Crippen LogP contribution in [0.3, 0.4) is 0 Å². The molecule has 0 aliphatic carbocycles. The van der Waals surface area contributed by atoms with Crippen LogP contribution in [-0.4, -0.2) is 11.8 Å². The van der Waals surface area contributed by atoms with E-state index in [1.54, 1.807) is 42.5 Å². The van der Waals surface area contributed by atoms with Crippen LogP contribution in [0.5, 0.6) is 0 Å². The summed E-state index contributed by atoms with van der Waals surface area (Å²) in [5.41, 5.74) is 2.04. The number of rotatable bonds is 5. The lowest BCUT2D eigenvalue weighted by Crippen LogP contribution is -2.30. The van der Waals surface area contributed by atoms with Gasteiger partial charge in [-0.1, -0.05) is 62.2 Å². The second-order valence-corrected chi connectivity index (χ2v) is 7.72. The van der Waals surface area contributed by atoms with Crippen LogP contribution in [0, 0.1) is 0 Å². The van der Waals surface area contributed by atoms with Crippen molar-refractivity contribution in [2.45, 2.75) is 0 Å². The number of carbonyl (C=O) groups is 2. The van der Waals surface area contributed by atoms with Gasteiger partial charge in [0.2, 0.25) is 0 Å². The second kappa shape index (κ2) is 9.48. The normalized spacial score (nSPS) is 11.0. The maximum Gasteiger partial charge on any atom is 0.272 e. The first-order valence-corrected chi connectivity index (χ1v) is 10.0. The number of anilines is 1. The Labute approximate surface area is 179 Å². The zero-order chi connectivity index (χ0) is 19.9. The first-order chi connectivity index (χ1) is 13.5. The van der Waals surface area contributed by atoms with Gasteiger partial charge in [-0.2, -0.15) is 0 Å². The molecule has 3 aromatic carbocycles. The van der Waals surface area contributed by atoms with Crippen molar-refractivity contribution in [2.75, 3.05) is 5.32 Å². The van der Waals surface area contributed by atoms with E-state index in [0.717, 1.165) is 14.5 Å². The largest absolute Gasteiger partial charge is 0.321 e. The van der Waals surface area contributed by atoms with Crippen LogP contribution in [-0.2, 0) is 4.79 Å². The van der Waals surface area contributed by atoms with Gasteiger partial charge in [0, 0.05) is 20.2 Å². The molecule has 0 aromatic heterocycles. The summed E-state index contributed by atoms with van der Waals surface area (Å²) in [7, 11) is 0. The van der Waals surface area contributed by atoms with Crippen LogP contribution >= 0.6 is 31.9 Å². The standard InChI is InChI=1S/C22H16Br2N2O2/c23-17-8-6-15(7-9-17)14-20(26-21(27)16-4-2-1-3-5-16)22(28)25-19-12-10-18(24)11-13-19/h1-14H,(H,25,28)(H,26,27). The lowest BCUT2D eigenvalue weighted by Gasteiger charge is -2.11. The molecule has 0 aliphatic rings. The van der Waals surface area contributed by atoms with Crippen molar-refractivity contribution < 1.29 is 9.59 Å². The highest BCUT2D eigenvalue weighted by Gasteiger charge is 2.15. The van der Waals surface area contributed by atoms with Gasteiger partial charge >= 0.3 is 0 Å². The van der Waals surface area contributed by atoms with Crippen molar-refractivity contribution in [1.29, 1.82) is 0 Å². The van der Waals surface area contributed by atoms with Crippen molar-refractivity contribution in [3.05, 3.63) is 105 Å². The summed E-state index contributed by atoms with van der Waals surface area (Å²) in [5.74, 6) is -0.760. The fraction of sp³-hybridized carbons (Fsp3) is 0. The van der Waals surface area contributed by atoms with Gasteiger partial charge in [0.1, 0.15) is 5.70 Å². The second-order valence-electron chi connectivity index (χ2n) is 5.89. The Morgan fingerprint density at radius 2 is 1.32 bits per heavy atom. The molecule has 0 bridgehead atoms. The fourth-order valence-electron chi connectivity index (χ4n) is 2.40. The number of nitrogens with one attached hydrogen (secondary N) is 2. The molecule has 0 spiro atoms. The number of hydrogen-bond donors (Lipinski definition) is 2. The Kier molecular flexibility index (Phi) is 6.79. The first-order valence-electron chi connectivity index (χ1n) is 8.42. The molecule has 0 heterocycles. The Morgan fingerprint density at radius 3 is 1.93 bits per heavy atom. The molecule has 4 nitrogen and oxygen atoms in total. The van der Waals surface area contributed by atoms with Gasteiger partial charge in [-0.05, 0) is 60.2 Å². The van der Waals surface area contributed by atoms with Crippen molar-refractivity contribution in [3.8, 4) is 0 Å². The fourth-order valence-corrected chi connectivity index (χ4v) is 2.93. The first kappa shape index (κ1) is 20.0. The quantitative estimate of drug-likeness (QED) is 0.447. The Morgan fingerprint density at radius 1 is 0.750 bits per heavy atom. The van der Waals surface area contributed by atoms with Crippen molar-refractivity contribution in [1.82, 2.24) is 5.32 Å². The van der Waals surface area contributed by atoms with Crippen LogP contribution < -0.4 is 10.6 Å².